The molecule has 0 saturated carbocycles. The van der Waals surface area contributed by atoms with Crippen LogP contribution in [-0.4, -0.2) is 37.9 Å². The van der Waals surface area contributed by atoms with Crippen LogP contribution in [0.4, 0.5) is 5.69 Å². The number of piperazine rings is 1. The summed E-state index contributed by atoms with van der Waals surface area (Å²) in [5.41, 5.74) is 2.52. The number of hydrogen-bond donors (Lipinski definition) is 0. The first-order valence-electron chi connectivity index (χ1n) is 7.89. The van der Waals surface area contributed by atoms with Gasteiger partial charge in [0.1, 0.15) is 0 Å². The van der Waals surface area contributed by atoms with Crippen molar-refractivity contribution in [1.29, 1.82) is 0 Å². The Balaban J connectivity index is 1.36. The molecule has 0 spiro atoms. The molecule has 0 radical (unpaired) electrons. The van der Waals surface area contributed by atoms with E-state index in [1.807, 2.05) is 18.2 Å². The first-order chi connectivity index (χ1) is 11.3. The standard InChI is InChI=1S/C18H19ClN2O2/c19-15-3-1-14(2-4-15)12-20-7-9-21(10-8-20)16-5-6-17-18(11-16)23-13-22-17/h1-6,11H,7-10,12-13H2. The lowest BCUT2D eigenvalue weighted by Gasteiger charge is -2.36. The maximum Gasteiger partial charge on any atom is 0.231 e. The van der Waals surface area contributed by atoms with E-state index in [4.69, 9.17) is 21.1 Å². The molecular formula is C18H19ClN2O2. The highest BCUT2D eigenvalue weighted by Crippen LogP contribution is 2.35. The summed E-state index contributed by atoms with van der Waals surface area (Å²) < 4.78 is 10.8. The third-order valence-corrected chi connectivity index (χ3v) is 4.67. The van der Waals surface area contributed by atoms with E-state index in [0.29, 0.717) is 6.79 Å². The average molecular weight is 331 g/mol. The molecule has 1 saturated heterocycles. The minimum atomic E-state index is 0.327. The fraction of sp³-hybridized carbons (Fsp3) is 0.333. The van der Waals surface area contributed by atoms with Crippen molar-refractivity contribution in [1.82, 2.24) is 4.90 Å². The summed E-state index contributed by atoms with van der Waals surface area (Å²) in [6, 6.07) is 14.3. The maximum atomic E-state index is 5.94. The molecule has 4 nitrogen and oxygen atoms in total. The number of nitrogens with zero attached hydrogens (tertiary/aromatic N) is 2. The zero-order valence-electron chi connectivity index (χ0n) is 12.9. The Labute approximate surface area is 141 Å². The SMILES string of the molecule is Clc1ccc(CN2CCN(c3ccc4c(c3)OCO4)CC2)cc1. The Bertz CT molecular complexity index is 682. The minimum absolute atomic E-state index is 0.327. The van der Waals surface area contributed by atoms with E-state index in [1.54, 1.807) is 0 Å². The second-order valence-electron chi connectivity index (χ2n) is 5.93. The van der Waals surface area contributed by atoms with Gasteiger partial charge in [-0.2, -0.15) is 0 Å². The van der Waals surface area contributed by atoms with Gasteiger partial charge < -0.3 is 14.4 Å². The zero-order valence-corrected chi connectivity index (χ0v) is 13.6. The predicted molar refractivity (Wildman–Crippen MR) is 91.5 cm³/mol. The number of anilines is 1. The predicted octanol–water partition coefficient (Wildman–Crippen LogP) is 3.39. The summed E-state index contributed by atoms with van der Waals surface area (Å²) in [6.45, 7) is 5.45. The average Bonchev–Trinajstić information content (AvgIpc) is 3.05. The molecule has 2 heterocycles. The van der Waals surface area contributed by atoms with Crippen LogP contribution in [0.15, 0.2) is 42.5 Å². The van der Waals surface area contributed by atoms with E-state index in [0.717, 1.165) is 49.2 Å². The summed E-state index contributed by atoms with van der Waals surface area (Å²) in [5, 5.41) is 0.793. The van der Waals surface area contributed by atoms with Gasteiger partial charge in [-0.3, -0.25) is 4.90 Å². The van der Waals surface area contributed by atoms with Crippen molar-refractivity contribution < 1.29 is 9.47 Å². The number of ether oxygens (including phenoxy) is 2. The maximum absolute atomic E-state index is 5.94. The van der Waals surface area contributed by atoms with Crippen LogP contribution in [0.2, 0.25) is 5.02 Å². The second-order valence-corrected chi connectivity index (χ2v) is 6.36. The quantitative estimate of drug-likeness (QED) is 0.861. The number of hydrogen-bond acceptors (Lipinski definition) is 4. The summed E-state index contributed by atoms with van der Waals surface area (Å²) in [4.78, 5) is 4.88. The number of fused-ring (bicyclic) bond motifs is 1. The molecule has 5 heteroatoms. The van der Waals surface area contributed by atoms with Gasteiger partial charge in [0.2, 0.25) is 6.79 Å². The van der Waals surface area contributed by atoms with Crippen LogP contribution < -0.4 is 14.4 Å². The Morgan fingerprint density at radius 3 is 2.39 bits per heavy atom. The van der Waals surface area contributed by atoms with Crippen LogP contribution in [0.5, 0.6) is 11.5 Å². The van der Waals surface area contributed by atoms with Crippen molar-refractivity contribution in [2.24, 2.45) is 0 Å². The van der Waals surface area contributed by atoms with Gasteiger partial charge in [0, 0.05) is 49.5 Å². The Morgan fingerprint density at radius 1 is 0.870 bits per heavy atom. The molecule has 120 valence electrons. The first kappa shape index (κ1) is 14.7. The van der Waals surface area contributed by atoms with Gasteiger partial charge in [-0.15, -0.1) is 0 Å². The van der Waals surface area contributed by atoms with Crippen molar-refractivity contribution in [3.8, 4) is 11.5 Å². The third-order valence-electron chi connectivity index (χ3n) is 4.41. The molecule has 0 atom stereocenters. The summed E-state index contributed by atoms with van der Waals surface area (Å²) in [5.74, 6) is 1.70. The van der Waals surface area contributed by atoms with E-state index in [2.05, 4.69) is 34.1 Å². The molecule has 2 aromatic rings. The molecule has 0 bridgehead atoms. The Kier molecular flexibility index (Phi) is 4.02. The molecule has 0 amide bonds. The highest BCUT2D eigenvalue weighted by molar-refractivity contribution is 6.30. The lowest BCUT2D eigenvalue weighted by atomic mass is 10.2. The van der Waals surface area contributed by atoms with Gasteiger partial charge in [0.15, 0.2) is 11.5 Å². The van der Waals surface area contributed by atoms with Crippen LogP contribution in [0.1, 0.15) is 5.56 Å². The first-order valence-corrected chi connectivity index (χ1v) is 8.27. The van der Waals surface area contributed by atoms with Crippen LogP contribution in [0.3, 0.4) is 0 Å². The smallest absolute Gasteiger partial charge is 0.231 e. The fourth-order valence-electron chi connectivity index (χ4n) is 3.09. The molecule has 0 aromatic heterocycles. The van der Waals surface area contributed by atoms with E-state index in [-0.39, 0.29) is 0 Å². The van der Waals surface area contributed by atoms with Crippen molar-refractivity contribution in [2.45, 2.75) is 6.54 Å². The highest BCUT2D eigenvalue weighted by atomic mass is 35.5. The molecule has 0 aliphatic carbocycles. The number of benzene rings is 2. The Morgan fingerprint density at radius 2 is 1.61 bits per heavy atom. The zero-order chi connectivity index (χ0) is 15.6. The molecule has 23 heavy (non-hydrogen) atoms. The normalized spacial score (nSPS) is 17.5. The molecule has 0 N–H and O–H groups in total. The molecule has 4 rings (SSSR count). The summed E-state index contributed by atoms with van der Waals surface area (Å²) >= 11 is 5.94. The monoisotopic (exact) mass is 330 g/mol. The van der Waals surface area contributed by atoms with E-state index >= 15 is 0 Å². The third kappa shape index (κ3) is 3.23. The second kappa shape index (κ2) is 6.30. The van der Waals surface area contributed by atoms with Gasteiger partial charge in [0.25, 0.3) is 0 Å². The minimum Gasteiger partial charge on any atom is -0.454 e. The molecule has 2 aliphatic heterocycles. The fourth-order valence-corrected chi connectivity index (χ4v) is 3.22. The molecule has 2 aromatic carbocycles. The molecule has 0 unspecified atom stereocenters. The van der Waals surface area contributed by atoms with Crippen molar-refractivity contribution >= 4 is 17.3 Å². The van der Waals surface area contributed by atoms with Crippen LogP contribution in [0, 0.1) is 0 Å². The van der Waals surface area contributed by atoms with Crippen molar-refractivity contribution in [3.05, 3.63) is 53.1 Å². The molecule has 2 aliphatic rings. The number of halogens is 1. The Hall–Kier alpha value is -1.91. The van der Waals surface area contributed by atoms with Gasteiger partial charge in [-0.25, -0.2) is 0 Å². The lowest BCUT2D eigenvalue weighted by Crippen LogP contribution is -2.45. The molecule has 1 fully saturated rings. The van der Waals surface area contributed by atoms with E-state index < -0.39 is 0 Å². The van der Waals surface area contributed by atoms with E-state index in [1.165, 1.54) is 11.3 Å². The van der Waals surface area contributed by atoms with E-state index in [9.17, 15) is 0 Å². The summed E-state index contributed by atoms with van der Waals surface area (Å²) in [6.07, 6.45) is 0. The van der Waals surface area contributed by atoms with Gasteiger partial charge in [-0.1, -0.05) is 23.7 Å². The molecular weight excluding hydrogens is 312 g/mol. The highest BCUT2D eigenvalue weighted by Gasteiger charge is 2.20. The number of rotatable bonds is 3. The topological polar surface area (TPSA) is 24.9 Å². The van der Waals surface area contributed by atoms with Crippen LogP contribution in [-0.2, 0) is 6.54 Å². The largest absolute Gasteiger partial charge is 0.454 e. The van der Waals surface area contributed by atoms with Gasteiger partial charge in [0.05, 0.1) is 0 Å². The van der Waals surface area contributed by atoms with Crippen molar-refractivity contribution in [2.75, 3.05) is 37.9 Å². The van der Waals surface area contributed by atoms with Gasteiger partial charge >= 0.3 is 0 Å². The lowest BCUT2D eigenvalue weighted by molar-refractivity contribution is 0.174. The van der Waals surface area contributed by atoms with Crippen LogP contribution in [0.25, 0.3) is 0 Å². The van der Waals surface area contributed by atoms with Crippen LogP contribution >= 0.6 is 11.6 Å². The van der Waals surface area contributed by atoms with Crippen molar-refractivity contribution in [3.63, 3.8) is 0 Å². The summed E-state index contributed by atoms with van der Waals surface area (Å²) in [7, 11) is 0. The van der Waals surface area contributed by atoms with Gasteiger partial charge in [-0.05, 0) is 29.8 Å².